The number of nitrogens with one attached hydrogen (secondary N) is 1. The minimum atomic E-state index is -3.53. The van der Waals surface area contributed by atoms with Gasteiger partial charge in [0.15, 0.2) is 0 Å². The quantitative estimate of drug-likeness (QED) is 0.854. The van der Waals surface area contributed by atoms with Crippen LogP contribution in [0.15, 0.2) is 29.2 Å². The van der Waals surface area contributed by atoms with E-state index in [1.165, 1.54) is 10.4 Å². The molecule has 7 heteroatoms. The van der Waals surface area contributed by atoms with Gasteiger partial charge >= 0.3 is 0 Å². The SMILES string of the molecule is COC[C@H](C)NC(=O)c1cccc(S(=O)(=O)N2CCCCC2)c1. The lowest BCUT2D eigenvalue weighted by molar-refractivity contribution is 0.0905. The summed E-state index contributed by atoms with van der Waals surface area (Å²) >= 11 is 0. The second-order valence-corrected chi connectivity index (χ2v) is 7.76. The third-order valence-corrected chi connectivity index (χ3v) is 5.74. The Morgan fingerprint density at radius 1 is 1.30 bits per heavy atom. The maximum absolute atomic E-state index is 12.7. The zero-order valence-electron chi connectivity index (χ0n) is 13.6. The second kappa shape index (κ2) is 7.90. The molecule has 1 heterocycles. The molecule has 1 aromatic carbocycles. The molecule has 1 aliphatic rings. The van der Waals surface area contributed by atoms with Crippen LogP contribution in [0, 0.1) is 0 Å². The minimum absolute atomic E-state index is 0.144. The van der Waals surface area contributed by atoms with Gasteiger partial charge in [-0.15, -0.1) is 0 Å². The highest BCUT2D eigenvalue weighted by molar-refractivity contribution is 7.89. The largest absolute Gasteiger partial charge is 0.383 e. The molecule has 0 aromatic heterocycles. The molecule has 1 aliphatic heterocycles. The molecule has 1 atom stereocenters. The third-order valence-electron chi connectivity index (χ3n) is 3.84. The van der Waals surface area contributed by atoms with Crippen molar-refractivity contribution in [2.45, 2.75) is 37.1 Å². The van der Waals surface area contributed by atoms with Crippen molar-refractivity contribution in [2.24, 2.45) is 0 Å². The van der Waals surface area contributed by atoms with Gasteiger partial charge in [0.2, 0.25) is 10.0 Å². The van der Waals surface area contributed by atoms with Crippen LogP contribution in [-0.4, -0.2) is 51.5 Å². The van der Waals surface area contributed by atoms with Crippen molar-refractivity contribution >= 4 is 15.9 Å². The molecule has 1 amide bonds. The number of piperidine rings is 1. The van der Waals surface area contributed by atoms with Crippen LogP contribution in [-0.2, 0) is 14.8 Å². The van der Waals surface area contributed by atoms with E-state index in [1.807, 2.05) is 6.92 Å². The number of benzene rings is 1. The van der Waals surface area contributed by atoms with Crippen molar-refractivity contribution < 1.29 is 17.9 Å². The monoisotopic (exact) mass is 340 g/mol. The first-order valence-electron chi connectivity index (χ1n) is 7.85. The summed E-state index contributed by atoms with van der Waals surface area (Å²) in [6.45, 7) is 3.32. The Kier molecular flexibility index (Phi) is 6.15. The Morgan fingerprint density at radius 3 is 2.65 bits per heavy atom. The van der Waals surface area contributed by atoms with Gasteiger partial charge in [-0.3, -0.25) is 4.79 Å². The predicted octanol–water partition coefficient (Wildman–Crippen LogP) is 1.63. The molecule has 0 bridgehead atoms. The van der Waals surface area contributed by atoms with Gasteiger partial charge in [-0.2, -0.15) is 4.31 Å². The molecule has 1 fully saturated rings. The van der Waals surface area contributed by atoms with Crippen LogP contribution in [0.2, 0.25) is 0 Å². The van der Waals surface area contributed by atoms with Gasteiger partial charge in [-0.05, 0) is 38.0 Å². The molecule has 0 saturated carbocycles. The highest BCUT2D eigenvalue weighted by atomic mass is 32.2. The number of methoxy groups -OCH3 is 1. The number of nitrogens with zero attached hydrogens (tertiary/aromatic N) is 1. The number of ether oxygens (including phenoxy) is 1. The molecular weight excluding hydrogens is 316 g/mol. The second-order valence-electron chi connectivity index (χ2n) is 5.82. The van der Waals surface area contributed by atoms with Crippen molar-refractivity contribution in [1.29, 1.82) is 0 Å². The average Bonchev–Trinajstić information content (AvgIpc) is 2.56. The van der Waals surface area contributed by atoms with Gasteiger partial charge in [-0.25, -0.2) is 8.42 Å². The third kappa shape index (κ3) is 4.53. The van der Waals surface area contributed by atoms with Crippen LogP contribution < -0.4 is 5.32 Å². The van der Waals surface area contributed by atoms with Crippen molar-refractivity contribution in [3.63, 3.8) is 0 Å². The Morgan fingerprint density at radius 2 is 2.00 bits per heavy atom. The fourth-order valence-corrected chi connectivity index (χ4v) is 4.21. The van der Waals surface area contributed by atoms with Crippen molar-refractivity contribution in [1.82, 2.24) is 9.62 Å². The first kappa shape index (κ1) is 17.9. The molecule has 1 N–H and O–H groups in total. The highest BCUT2D eigenvalue weighted by Crippen LogP contribution is 2.21. The number of rotatable bonds is 6. The van der Waals surface area contributed by atoms with E-state index in [1.54, 1.807) is 25.3 Å². The van der Waals surface area contributed by atoms with E-state index >= 15 is 0 Å². The van der Waals surface area contributed by atoms with Gasteiger partial charge < -0.3 is 10.1 Å². The number of carbonyl (C=O) groups is 1. The maximum atomic E-state index is 12.7. The summed E-state index contributed by atoms with van der Waals surface area (Å²) in [5.41, 5.74) is 0.339. The van der Waals surface area contributed by atoms with E-state index in [9.17, 15) is 13.2 Å². The van der Waals surface area contributed by atoms with Gasteiger partial charge in [0, 0.05) is 31.8 Å². The molecular formula is C16H24N2O4S. The van der Waals surface area contributed by atoms with Gasteiger partial charge in [0.25, 0.3) is 5.91 Å². The molecule has 1 aromatic rings. The predicted molar refractivity (Wildman–Crippen MR) is 87.9 cm³/mol. The lowest BCUT2D eigenvalue weighted by Crippen LogP contribution is -2.36. The average molecular weight is 340 g/mol. The summed E-state index contributed by atoms with van der Waals surface area (Å²) in [6, 6.07) is 6.06. The Balaban J connectivity index is 2.17. The normalized spacial score (nSPS) is 17.7. The lowest BCUT2D eigenvalue weighted by Gasteiger charge is -2.26. The van der Waals surface area contributed by atoms with Crippen LogP contribution in [0.4, 0.5) is 0 Å². The van der Waals surface area contributed by atoms with Gasteiger partial charge in [0.1, 0.15) is 0 Å². The molecule has 128 valence electrons. The first-order valence-corrected chi connectivity index (χ1v) is 9.29. The Hall–Kier alpha value is -1.44. The lowest BCUT2D eigenvalue weighted by atomic mass is 10.2. The van der Waals surface area contributed by atoms with Gasteiger partial charge in [-0.1, -0.05) is 12.5 Å². The summed E-state index contributed by atoms with van der Waals surface area (Å²) < 4.78 is 31.8. The molecule has 23 heavy (non-hydrogen) atoms. The van der Waals surface area contributed by atoms with E-state index < -0.39 is 10.0 Å². The standard InChI is InChI=1S/C16H24N2O4S/c1-13(12-22-2)17-16(19)14-7-6-8-15(11-14)23(20,21)18-9-4-3-5-10-18/h6-8,11,13H,3-5,9-10,12H2,1-2H3,(H,17,19)/t13-/m0/s1. The van der Waals surface area contributed by atoms with E-state index in [0.717, 1.165) is 19.3 Å². The number of carbonyl (C=O) groups excluding carboxylic acids is 1. The van der Waals surface area contributed by atoms with E-state index in [4.69, 9.17) is 4.74 Å². The summed E-state index contributed by atoms with van der Waals surface area (Å²) in [5.74, 6) is -0.301. The smallest absolute Gasteiger partial charge is 0.251 e. The Bertz CT molecular complexity index is 639. The summed E-state index contributed by atoms with van der Waals surface area (Å²) in [4.78, 5) is 12.4. The fourth-order valence-electron chi connectivity index (χ4n) is 2.65. The number of sulfonamides is 1. The molecule has 0 radical (unpaired) electrons. The van der Waals surface area contributed by atoms with Crippen LogP contribution in [0.25, 0.3) is 0 Å². The van der Waals surface area contributed by atoms with Crippen LogP contribution in [0.5, 0.6) is 0 Å². The zero-order chi connectivity index (χ0) is 16.9. The van der Waals surface area contributed by atoms with Gasteiger partial charge in [0.05, 0.1) is 11.5 Å². The molecule has 0 spiro atoms. The molecule has 0 aliphatic carbocycles. The molecule has 0 unspecified atom stereocenters. The fraction of sp³-hybridized carbons (Fsp3) is 0.562. The van der Waals surface area contributed by atoms with Crippen molar-refractivity contribution in [3.8, 4) is 0 Å². The van der Waals surface area contributed by atoms with E-state index in [0.29, 0.717) is 25.3 Å². The van der Waals surface area contributed by atoms with Crippen LogP contribution in [0.1, 0.15) is 36.5 Å². The zero-order valence-corrected chi connectivity index (χ0v) is 14.4. The van der Waals surface area contributed by atoms with E-state index in [2.05, 4.69) is 5.32 Å². The summed E-state index contributed by atoms with van der Waals surface area (Å²) in [7, 11) is -1.96. The first-order chi connectivity index (χ1) is 10.9. The highest BCUT2D eigenvalue weighted by Gasteiger charge is 2.26. The summed E-state index contributed by atoms with van der Waals surface area (Å²) in [6.07, 6.45) is 2.83. The topological polar surface area (TPSA) is 75.7 Å². The van der Waals surface area contributed by atoms with Crippen LogP contribution in [0.3, 0.4) is 0 Å². The van der Waals surface area contributed by atoms with Crippen molar-refractivity contribution in [3.05, 3.63) is 29.8 Å². The maximum Gasteiger partial charge on any atom is 0.251 e. The number of hydrogen-bond donors (Lipinski definition) is 1. The minimum Gasteiger partial charge on any atom is -0.383 e. The molecule has 1 saturated heterocycles. The van der Waals surface area contributed by atoms with Crippen LogP contribution >= 0.6 is 0 Å². The molecule has 2 rings (SSSR count). The summed E-state index contributed by atoms with van der Waals surface area (Å²) in [5, 5.41) is 2.78. The van der Waals surface area contributed by atoms with Crippen molar-refractivity contribution in [2.75, 3.05) is 26.8 Å². The molecule has 6 nitrogen and oxygen atoms in total. The number of amides is 1. The van der Waals surface area contributed by atoms with E-state index in [-0.39, 0.29) is 16.8 Å². The number of hydrogen-bond acceptors (Lipinski definition) is 4. The Labute approximate surface area is 137 Å².